The van der Waals surface area contributed by atoms with Crippen LogP contribution >= 0.6 is 0 Å². The van der Waals surface area contributed by atoms with E-state index in [0.29, 0.717) is 17.5 Å². The molecule has 4 heteroatoms. The number of fused-ring (bicyclic) bond motifs is 9. The first-order valence-corrected chi connectivity index (χ1v) is 17.8. The van der Waals surface area contributed by atoms with Gasteiger partial charge in [-0.3, -0.25) is 0 Å². The zero-order chi connectivity index (χ0) is 34.9. The summed E-state index contributed by atoms with van der Waals surface area (Å²) in [5.41, 5.74) is 6.73. The van der Waals surface area contributed by atoms with Gasteiger partial charge in [0, 0.05) is 32.8 Å². The number of benzene rings is 9. The smallest absolute Gasteiger partial charge is 0.164 e. The van der Waals surface area contributed by atoms with E-state index in [1.807, 2.05) is 12.1 Å². The van der Waals surface area contributed by atoms with E-state index in [1.165, 1.54) is 27.1 Å². The van der Waals surface area contributed by atoms with Crippen LogP contribution in [-0.4, -0.2) is 15.0 Å². The highest BCUT2D eigenvalue weighted by Gasteiger charge is 2.21. The Balaban J connectivity index is 1.15. The Morgan fingerprint density at radius 2 is 0.830 bits per heavy atom. The standard InChI is InChI=1S/C49H29N3O/c1-3-12-35-27-37(24-19-30(35)9-1)32-17-22-34(23-18-32)47-50-48(39-26-20-31-10-2-4-13-36(31)28-39)52-49(51-47)42-29-38-25-21-33-11-5-6-14-40(33)44(38)46-45(42)41-15-7-8-16-43(41)53-46/h1-29H. The SMILES string of the molecule is c1ccc2cc(-c3ccc(-c4nc(-c5ccc6ccccc6c5)nc(-c5cc6ccc7ccccc7c6c6oc7ccccc7c56)n4)cc3)ccc2c1. The van der Waals surface area contributed by atoms with Gasteiger partial charge < -0.3 is 4.42 Å². The van der Waals surface area contributed by atoms with Gasteiger partial charge in [-0.15, -0.1) is 0 Å². The van der Waals surface area contributed by atoms with E-state index >= 15 is 0 Å². The molecule has 0 aliphatic rings. The third-order valence-corrected chi connectivity index (χ3v) is 10.5. The lowest BCUT2D eigenvalue weighted by atomic mass is 9.95. The van der Waals surface area contributed by atoms with E-state index in [-0.39, 0.29) is 0 Å². The van der Waals surface area contributed by atoms with Gasteiger partial charge in [-0.05, 0) is 73.1 Å². The molecule has 9 aromatic carbocycles. The van der Waals surface area contributed by atoms with Crippen molar-refractivity contribution >= 4 is 65.0 Å². The van der Waals surface area contributed by atoms with Crippen molar-refractivity contribution in [2.45, 2.75) is 0 Å². The van der Waals surface area contributed by atoms with Crippen LogP contribution in [0.5, 0.6) is 0 Å². The van der Waals surface area contributed by atoms with Crippen LogP contribution in [0.15, 0.2) is 180 Å². The van der Waals surface area contributed by atoms with Crippen LogP contribution in [0.3, 0.4) is 0 Å². The van der Waals surface area contributed by atoms with Crippen LogP contribution in [0.1, 0.15) is 0 Å². The molecule has 4 nitrogen and oxygen atoms in total. The monoisotopic (exact) mass is 675 g/mol. The summed E-state index contributed by atoms with van der Waals surface area (Å²) < 4.78 is 6.72. The first-order valence-electron chi connectivity index (χ1n) is 17.8. The molecule has 0 radical (unpaired) electrons. The van der Waals surface area contributed by atoms with Crippen molar-refractivity contribution in [1.82, 2.24) is 15.0 Å². The fourth-order valence-corrected chi connectivity index (χ4v) is 7.82. The summed E-state index contributed by atoms with van der Waals surface area (Å²) in [6.45, 7) is 0. The van der Waals surface area contributed by atoms with Gasteiger partial charge in [-0.25, -0.2) is 15.0 Å². The molecule has 0 saturated heterocycles. The van der Waals surface area contributed by atoms with Gasteiger partial charge >= 0.3 is 0 Å². The zero-order valence-electron chi connectivity index (χ0n) is 28.5. The summed E-state index contributed by atoms with van der Waals surface area (Å²) in [7, 11) is 0. The predicted molar refractivity (Wildman–Crippen MR) is 219 cm³/mol. The topological polar surface area (TPSA) is 51.8 Å². The molecule has 0 unspecified atom stereocenters. The van der Waals surface area contributed by atoms with E-state index in [0.717, 1.165) is 65.7 Å². The maximum atomic E-state index is 6.72. The summed E-state index contributed by atoms with van der Waals surface area (Å²) in [5, 5.41) is 11.3. The molecular formula is C49H29N3O. The van der Waals surface area contributed by atoms with Gasteiger partial charge in [-0.2, -0.15) is 0 Å². The van der Waals surface area contributed by atoms with E-state index in [1.54, 1.807) is 0 Å². The van der Waals surface area contributed by atoms with Gasteiger partial charge in [0.15, 0.2) is 17.5 Å². The second-order valence-corrected chi connectivity index (χ2v) is 13.6. The lowest BCUT2D eigenvalue weighted by molar-refractivity contribution is 0.673. The van der Waals surface area contributed by atoms with Crippen LogP contribution in [0.2, 0.25) is 0 Å². The molecule has 246 valence electrons. The van der Waals surface area contributed by atoms with Crippen molar-refractivity contribution in [1.29, 1.82) is 0 Å². The molecule has 2 aromatic heterocycles. The predicted octanol–water partition coefficient (Wildman–Crippen LogP) is 13.1. The second-order valence-electron chi connectivity index (χ2n) is 13.6. The summed E-state index contributed by atoms with van der Waals surface area (Å²) in [5.74, 6) is 1.83. The average molecular weight is 676 g/mol. The van der Waals surface area contributed by atoms with Crippen molar-refractivity contribution in [3.8, 4) is 45.3 Å². The quantitative estimate of drug-likeness (QED) is 0.174. The van der Waals surface area contributed by atoms with Crippen LogP contribution < -0.4 is 0 Å². The largest absolute Gasteiger partial charge is 0.455 e. The van der Waals surface area contributed by atoms with E-state index < -0.39 is 0 Å². The minimum atomic E-state index is 0.600. The Morgan fingerprint density at radius 1 is 0.321 bits per heavy atom. The molecule has 2 heterocycles. The lowest BCUT2D eigenvalue weighted by Gasteiger charge is -2.12. The van der Waals surface area contributed by atoms with Crippen molar-refractivity contribution in [3.63, 3.8) is 0 Å². The van der Waals surface area contributed by atoms with Crippen molar-refractivity contribution in [2.24, 2.45) is 0 Å². The van der Waals surface area contributed by atoms with Crippen LogP contribution in [0, 0.1) is 0 Å². The number of hydrogen-bond donors (Lipinski definition) is 0. The van der Waals surface area contributed by atoms with E-state index in [4.69, 9.17) is 19.4 Å². The fraction of sp³-hybridized carbons (Fsp3) is 0. The van der Waals surface area contributed by atoms with Crippen LogP contribution in [0.25, 0.3) is 110 Å². The molecule has 0 amide bonds. The van der Waals surface area contributed by atoms with Gasteiger partial charge in [0.2, 0.25) is 0 Å². The molecule has 11 rings (SSSR count). The van der Waals surface area contributed by atoms with Crippen molar-refractivity contribution < 1.29 is 4.42 Å². The molecule has 0 bridgehead atoms. The molecule has 0 atom stereocenters. The Morgan fingerprint density at radius 3 is 1.58 bits per heavy atom. The Kier molecular flexibility index (Phi) is 6.52. The first kappa shape index (κ1) is 29.5. The molecule has 11 aromatic rings. The van der Waals surface area contributed by atoms with Crippen molar-refractivity contribution in [3.05, 3.63) is 176 Å². The van der Waals surface area contributed by atoms with E-state index in [2.05, 4.69) is 164 Å². The highest BCUT2D eigenvalue weighted by atomic mass is 16.3. The maximum Gasteiger partial charge on any atom is 0.164 e. The molecule has 0 N–H and O–H groups in total. The molecule has 0 aliphatic heterocycles. The van der Waals surface area contributed by atoms with Crippen LogP contribution in [0.4, 0.5) is 0 Å². The zero-order valence-corrected chi connectivity index (χ0v) is 28.5. The Hall–Kier alpha value is -7.17. The molecule has 0 aliphatic carbocycles. The van der Waals surface area contributed by atoms with Crippen LogP contribution in [-0.2, 0) is 0 Å². The normalized spacial score (nSPS) is 11.8. The Bertz CT molecular complexity index is 3230. The number of para-hydroxylation sites is 1. The number of rotatable bonds is 4. The summed E-state index contributed by atoms with van der Waals surface area (Å²) in [4.78, 5) is 15.6. The lowest BCUT2D eigenvalue weighted by Crippen LogP contribution is -2.01. The number of furan rings is 1. The number of aromatic nitrogens is 3. The molecule has 0 fully saturated rings. The number of hydrogen-bond acceptors (Lipinski definition) is 4. The summed E-state index contributed by atoms with van der Waals surface area (Å²) in [6, 6.07) is 61.7. The number of nitrogens with zero attached hydrogens (tertiary/aromatic N) is 3. The molecule has 0 spiro atoms. The van der Waals surface area contributed by atoms with Gasteiger partial charge in [-0.1, -0.05) is 152 Å². The molecular weight excluding hydrogens is 647 g/mol. The summed E-state index contributed by atoms with van der Waals surface area (Å²) in [6.07, 6.45) is 0. The minimum Gasteiger partial charge on any atom is -0.455 e. The van der Waals surface area contributed by atoms with E-state index in [9.17, 15) is 0 Å². The van der Waals surface area contributed by atoms with Gasteiger partial charge in [0.25, 0.3) is 0 Å². The van der Waals surface area contributed by atoms with Gasteiger partial charge in [0.05, 0.1) is 0 Å². The third-order valence-electron chi connectivity index (χ3n) is 10.5. The minimum absolute atomic E-state index is 0.600. The van der Waals surface area contributed by atoms with Crippen molar-refractivity contribution in [2.75, 3.05) is 0 Å². The Labute approximate surface area is 304 Å². The highest BCUT2D eigenvalue weighted by Crippen LogP contribution is 2.43. The second kappa shape index (κ2) is 11.7. The highest BCUT2D eigenvalue weighted by molar-refractivity contribution is 6.26. The average Bonchev–Trinajstić information content (AvgIpc) is 3.62. The summed E-state index contributed by atoms with van der Waals surface area (Å²) >= 11 is 0. The maximum absolute atomic E-state index is 6.72. The fourth-order valence-electron chi connectivity index (χ4n) is 7.82. The van der Waals surface area contributed by atoms with Gasteiger partial charge in [0.1, 0.15) is 11.2 Å². The molecule has 0 saturated carbocycles. The third kappa shape index (κ3) is 4.88. The molecule has 53 heavy (non-hydrogen) atoms. The first-order chi connectivity index (χ1) is 26.2.